The third-order valence-electron chi connectivity index (χ3n) is 4.55. The molecule has 30 heavy (non-hydrogen) atoms. The summed E-state index contributed by atoms with van der Waals surface area (Å²) in [6.45, 7) is 0.574. The maximum absolute atomic E-state index is 12.4. The van der Waals surface area contributed by atoms with Crippen molar-refractivity contribution in [3.63, 3.8) is 0 Å². The predicted octanol–water partition coefficient (Wildman–Crippen LogP) is 2.37. The van der Waals surface area contributed by atoms with Gasteiger partial charge < -0.3 is 19.5 Å². The SMILES string of the molecule is COc1ccc(-c2cc(=O)n(CCNC(=O)c3ccc(OC)c(OC)c3)cn2)cc1. The lowest BCUT2D eigenvalue weighted by atomic mass is 10.1. The highest BCUT2D eigenvalue weighted by Gasteiger charge is 2.11. The zero-order valence-electron chi connectivity index (χ0n) is 17.0. The summed E-state index contributed by atoms with van der Waals surface area (Å²) in [7, 11) is 4.64. The second kappa shape index (κ2) is 9.60. The molecule has 0 unspecified atom stereocenters. The third-order valence-corrected chi connectivity index (χ3v) is 4.55. The molecule has 0 radical (unpaired) electrons. The fourth-order valence-corrected chi connectivity index (χ4v) is 2.88. The molecule has 0 atom stereocenters. The number of rotatable bonds is 8. The third kappa shape index (κ3) is 4.78. The summed E-state index contributed by atoms with van der Waals surface area (Å²) < 4.78 is 17.0. The summed E-state index contributed by atoms with van der Waals surface area (Å²) in [5, 5.41) is 2.79. The molecular weight excluding hydrogens is 386 g/mol. The number of carbonyl (C=O) groups is 1. The molecule has 1 aromatic heterocycles. The van der Waals surface area contributed by atoms with Gasteiger partial charge in [-0.25, -0.2) is 4.98 Å². The van der Waals surface area contributed by atoms with Crippen molar-refractivity contribution in [3.8, 4) is 28.5 Å². The number of ether oxygens (including phenoxy) is 3. The van der Waals surface area contributed by atoms with Crippen molar-refractivity contribution >= 4 is 5.91 Å². The largest absolute Gasteiger partial charge is 0.497 e. The first kappa shape index (κ1) is 20.9. The number of amides is 1. The zero-order chi connectivity index (χ0) is 21.5. The molecule has 156 valence electrons. The van der Waals surface area contributed by atoms with Crippen LogP contribution in [0.15, 0.2) is 59.7 Å². The summed E-state index contributed by atoms with van der Waals surface area (Å²) in [6, 6.07) is 13.7. The van der Waals surface area contributed by atoms with Crippen molar-refractivity contribution in [2.45, 2.75) is 6.54 Å². The zero-order valence-corrected chi connectivity index (χ0v) is 17.0. The van der Waals surface area contributed by atoms with Gasteiger partial charge in [-0.05, 0) is 42.5 Å². The maximum Gasteiger partial charge on any atom is 0.253 e. The van der Waals surface area contributed by atoms with Crippen LogP contribution in [0, 0.1) is 0 Å². The Morgan fingerprint density at radius 1 is 0.967 bits per heavy atom. The van der Waals surface area contributed by atoms with Crippen LogP contribution in [-0.4, -0.2) is 43.3 Å². The Balaban J connectivity index is 1.62. The van der Waals surface area contributed by atoms with Crippen molar-refractivity contribution < 1.29 is 19.0 Å². The van der Waals surface area contributed by atoms with Crippen LogP contribution in [0.1, 0.15) is 10.4 Å². The Labute approximate surface area is 174 Å². The first-order chi connectivity index (χ1) is 14.5. The number of carbonyl (C=O) groups excluding carboxylic acids is 1. The number of hydrogen-bond donors (Lipinski definition) is 1. The molecule has 1 heterocycles. The van der Waals surface area contributed by atoms with Crippen LogP contribution in [0.5, 0.6) is 17.2 Å². The monoisotopic (exact) mass is 409 g/mol. The van der Waals surface area contributed by atoms with Gasteiger partial charge in [-0.3, -0.25) is 14.2 Å². The molecule has 0 saturated carbocycles. The fourth-order valence-electron chi connectivity index (χ4n) is 2.88. The van der Waals surface area contributed by atoms with Gasteiger partial charge in [0.15, 0.2) is 11.5 Å². The Hall–Kier alpha value is -3.81. The minimum Gasteiger partial charge on any atom is -0.497 e. The lowest BCUT2D eigenvalue weighted by Gasteiger charge is -2.11. The van der Waals surface area contributed by atoms with Crippen LogP contribution in [0.25, 0.3) is 11.3 Å². The van der Waals surface area contributed by atoms with Gasteiger partial charge in [-0.15, -0.1) is 0 Å². The molecule has 0 saturated heterocycles. The van der Waals surface area contributed by atoms with E-state index in [0.717, 1.165) is 11.3 Å². The van der Waals surface area contributed by atoms with E-state index in [1.54, 1.807) is 25.3 Å². The van der Waals surface area contributed by atoms with Crippen molar-refractivity contribution in [1.29, 1.82) is 0 Å². The molecule has 0 bridgehead atoms. The Kier molecular flexibility index (Phi) is 6.69. The van der Waals surface area contributed by atoms with Crippen LogP contribution >= 0.6 is 0 Å². The van der Waals surface area contributed by atoms with Crippen molar-refractivity contribution in [2.24, 2.45) is 0 Å². The van der Waals surface area contributed by atoms with Crippen LogP contribution in [0.3, 0.4) is 0 Å². The van der Waals surface area contributed by atoms with Crippen molar-refractivity contribution in [2.75, 3.05) is 27.9 Å². The molecule has 0 aliphatic carbocycles. The molecule has 8 heteroatoms. The second-order valence-corrected chi connectivity index (χ2v) is 6.36. The Morgan fingerprint density at radius 3 is 2.33 bits per heavy atom. The second-order valence-electron chi connectivity index (χ2n) is 6.36. The van der Waals surface area contributed by atoms with Crippen LogP contribution in [0.4, 0.5) is 0 Å². The number of hydrogen-bond acceptors (Lipinski definition) is 6. The standard InChI is InChI=1S/C22H23N3O5/c1-28-17-7-4-15(5-8-17)18-13-21(26)25(14-24-18)11-10-23-22(27)16-6-9-19(29-2)20(12-16)30-3/h4-9,12-14H,10-11H2,1-3H3,(H,23,27). The van der Waals surface area contributed by atoms with E-state index in [4.69, 9.17) is 14.2 Å². The van der Waals surface area contributed by atoms with E-state index in [-0.39, 0.29) is 18.0 Å². The molecule has 2 aromatic carbocycles. The van der Waals surface area contributed by atoms with E-state index in [1.165, 1.54) is 31.2 Å². The van der Waals surface area contributed by atoms with E-state index in [1.807, 2.05) is 24.3 Å². The molecule has 8 nitrogen and oxygen atoms in total. The van der Waals surface area contributed by atoms with E-state index in [9.17, 15) is 9.59 Å². The van der Waals surface area contributed by atoms with E-state index in [2.05, 4.69) is 10.3 Å². The molecule has 3 aromatic rings. The molecular formula is C22H23N3O5. The van der Waals surface area contributed by atoms with Gasteiger partial charge in [0.05, 0.1) is 33.4 Å². The van der Waals surface area contributed by atoms with Gasteiger partial charge in [0.2, 0.25) is 0 Å². The molecule has 1 amide bonds. The van der Waals surface area contributed by atoms with Crippen molar-refractivity contribution in [3.05, 3.63) is 70.8 Å². The average Bonchev–Trinajstić information content (AvgIpc) is 2.79. The molecule has 0 spiro atoms. The number of nitrogens with zero attached hydrogens (tertiary/aromatic N) is 2. The smallest absolute Gasteiger partial charge is 0.253 e. The Morgan fingerprint density at radius 2 is 1.70 bits per heavy atom. The Bertz CT molecular complexity index is 1080. The highest BCUT2D eigenvalue weighted by atomic mass is 16.5. The van der Waals surface area contributed by atoms with Gasteiger partial charge >= 0.3 is 0 Å². The molecule has 0 aliphatic heterocycles. The highest BCUT2D eigenvalue weighted by Crippen LogP contribution is 2.27. The quantitative estimate of drug-likeness (QED) is 0.614. The first-order valence-corrected chi connectivity index (χ1v) is 9.27. The van der Waals surface area contributed by atoms with Crippen LogP contribution in [0.2, 0.25) is 0 Å². The summed E-state index contributed by atoms with van der Waals surface area (Å²) in [5.41, 5.74) is 1.64. The van der Waals surface area contributed by atoms with E-state index in [0.29, 0.717) is 29.3 Å². The number of aromatic nitrogens is 2. The number of nitrogens with one attached hydrogen (secondary N) is 1. The van der Waals surface area contributed by atoms with Crippen molar-refractivity contribution in [1.82, 2.24) is 14.9 Å². The van der Waals surface area contributed by atoms with E-state index >= 15 is 0 Å². The average molecular weight is 409 g/mol. The predicted molar refractivity (Wildman–Crippen MR) is 112 cm³/mol. The first-order valence-electron chi connectivity index (χ1n) is 9.27. The number of benzene rings is 2. The molecule has 1 N–H and O–H groups in total. The van der Waals surface area contributed by atoms with Crippen LogP contribution < -0.4 is 25.1 Å². The summed E-state index contributed by atoms with van der Waals surface area (Å²) >= 11 is 0. The van der Waals surface area contributed by atoms with E-state index < -0.39 is 0 Å². The lowest BCUT2D eigenvalue weighted by molar-refractivity contribution is 0.0951. The van der Waals surface area contributed by atoms with Gasteiger partial charge in [0.1, 0.15) is 5.75 Å². The lowest BCUT2D eigenvalue weighted by Crippen LogP contribution is -2.30. The fraction of sp³-hybridized carbons (Fsp3) is 0.227. The summed E-state index contributed by atoms with van der Waals surface area (Å²) in [6.07, 6.45) is 1.48. The minimum atomic E-state index is -0.271. The highest BCUT2D eigenvalue weighted by molar-refractivity contribution is 5.94. The van der Waals surface area contributed by atoms with Gasteiger partial charge in [-0.1, -0.05) is 0 Å². The maximum atomic E-state index is 12.4. The molecule has 0 fully saturated rings. The van der Waals surface area contributed by atoms with Gasteiger partial charge in [0.25, 0.3) is 11.5 Å². The van der Waals surface area contributed by atoms with Gasteiger partial charge in [-0.2, -0.15) is 0 Å². The topological polar surface area (TPSA) is 91.7 Å². The normalized spacial score (nSPS) is 10.4. The summed E-state index contributed by atoms with van der Waals surface area (Å²) in [5.74, 6) is 1.48. The van der Waals surface area contributed by atoms with Gasteiger partial charge in [0, 0.05) is 30.3 Å². The number of methoxy groups -OCH3 is 3. The molecule has 0 aliphatic rings. The minimum absolute atomic E-state index is 0.198. The molecule has 3 rings (SSSR count). The summed E-state index contributed by atoms with van der Waals surface area (Å²) in [4.78, 5) is 29.1. The van der Waals surface area contributed by atoms with Crippen LogP contribution in [-0.2, 0) is 6.54 Å².